The van der Waals surface area contributed by atoms with Gasteiger partial charge in [-0.15, -0.1) is 0 Å². The van der Waals surface area contributed by atoms with Gasteiger partial charge in [0, 0.05) is 31.0 Å². The molecular weight excluding hydrogens is 525 g/mol. The Morgan fingerprint density at radius 3 is 2.15 bits per heavy atom. The van der Waals surface area contributed by atoms with E-state index in [1.165, 1.54) is 15.4 Å². The molecule has 0 spiro atoms. The predicted molar refractivity (Wildman–Crippen MR) is 141 cm³/mol. The quantitative estimate of drug-likeness (QED) is 0.359. The Bertz CT molecular complexity index is 1550. The molecule has 1 N–H and O–H groups in total. The standard InChI is InChI=1S/C29H27F3N4O2S/c30-29(31,32)24-9-11-26(12-10-24)39(37,38)35-16-22-7-3-4-8-27(22)36(17-25-15-33-19-34-25)28(18-35)23-13-20-5-1-2-6-21(20)14-23/h1-12,15,19,23,28H,13-14,16-18H2,(H,33,34)/t28-/m0/s1. The van der Waals surface area contributed by atoms with E-state index in [1.54, 1.807) is 12.5 Å². The van der Waals surface area contributed by atoms with Crippen molar-refractivity contribution in [2.24, 2.45) is 5.92 Å². The summed E-state index contributed by atoms with van der Waals surface area (Å²) in [4.78, 5) is 9.46. The first kappa shape index (κ1) is 25.6. The summed E-state index contributed by atoms with van der Waals surface area (Å²) in [6, 6.07) is 19.6. The second kappa shape index (κ2) is 9.84. The number of aromatic amines is 1. The molecule has 2 aliphatic rings. The maximum atomic E-state index is 13.9. The monoisotopic (exact) mass is 552 g/mol. The van der Waals surface area contributed by atoms with E-state index in [-0.39, 0.29) is 29.9 Å². The topological polar surface area (TPSA) is 69.3 Å². The van der Waals surface area contributed by atoms with Gasteiger partial charge in [0.2, 0.25) is 10.0 Å². The molecule has 2 heterocycles. The molecule has 0 amide bonds. The molecule has 1 atom stereocenters. The average Bonchev–Trinajstić information content (AvgIpc) is 3.56. The van der Waals surface area contributed by atoms with Crippen LogP contribution >= 0.6 is 0 Å². The highest BCUT2D eigenvalue weighted by atomic mass is 32.2. The number of anilines is 1. The van der Waals surface area contributed by atoms with Gasteiger partial charge in [0.15, 0.2) is 0 Å². The van der Waals surface area contributed by atoms with Crippen molar-refractivity contribution in [1.29, 1.82) is 0 Å². The van der Waals surface area contributed by atoms with Gasteiger partial charge in [0.1, 0.15) is 0 Å². The van der Waals surface area contributed by atoms with Crippen LogP contribution in [0.1, 0.15) is 27.9 Å². The molecule has 202 valence electrons. The Labute approximate surface area is 225 Å². The van der Waals surface area contributed by atoms with Crippen LogP contribution in [0.15, 0.2) is 90.2 Å². The Kier molecular flexibility index (Phi) is 6.47. The number of H-pyrrole nitrogens is 1. The number of benzene rings is 3. The van der Waals surface area contributed by atoms with E-state index in [1.807, 2.05) is 36.4 Å². The highest BCUT2D eigenvalue weighted by Gasteiger charge is 2.40. The number of hydrogen-bond acceptors (Lipinski definition) is 4. The molecule has 0 saturated carbocycles. The number of nitrogens with zero attached hydrogens (tertiary/aromatic N) is 3. The lowest BCUT2D eigenvalue weighted by molar-refractivity contribution is -0.137. The van der Waals surface area contributed by atoms with Gasteiger partial charge in [-0.1, -0.05) is 42.5 Å². The molecule has 10 heteroatoms. The Balaban J connectivity index is 1.41. The van der Waals surface area contributed by atoms with Crippen molar-refractivity contribution in [2.75, 3.05) is 11.4 Å². The molecule has 6 nitrogen and oxygen atoms in total. The number of imidazole rings is 1. The van der Waals surface area contributed by atoms with E-state index >= 15 is 0 Å². The number of rotatable bonds is 5. The zero-order valence-corrected chi connectivity index (χ0v) is 21.8. The number of sulfonamides is 1. The van der Waals surface area contributed by atoms with E-state index in [0.717, 1.165) is 54.1 Å². The normalized spacial score (nSPS) is 18.5. The molecule has 1 aliphatic carbocycles. The summed E-state index contributed by atoms with van der Waals surface area (Å²) in [5.74, 6) is 0.141. The molecule has 39 heavy (non-hydrogen) atoms. The highest BCUT2D eigenvalue weighted by molar-refractivity contribution is 7.89. The summed E-state index contributed by atoms with van der Waals surface area (Å²) in [7, 11) is -4.09. The maximum Gasteiger partial charge on any atom is 0.416 e. The van der Waals surface area contributed by atoms with Crippen LogP contribution in [-0.2, 0) is 42.1 Å². The smallest absolute Gasteiger partial charge is 0.361 e. The molecule has 6 rings (SSSR count). The largest absolute Gasteiger partial charge is 0.416 e. The maximum absolute atomic E-state index is 13.9. The zero-order valence-electron chi connectivity index (χ0n) is 21.0. The van der Waals surface area contributed by atoms with Crippen molar-refractivity contribution in [3.63, 3.8) is 0 Å². The van der Waals surface area contributed by atoms with Crippen molar-refractivity contribution >= 4 is 15.7 Å². The van der Waals surface area contributed by atoms with Crippen molar-refractivity contribution in [1.82, 2.24) is 14.3 Å². The van der Waals surface area contributed by atoms with Crippen LogP contribution in [0, 0.1) is 5.92 Å². The summed E-state index contributed by atoms with van der Waals surface area (Å²) in [6.45, 7) is 0.836. The van der Waals surface area contributed by atoms with Gasteiger partial charge in [0.25, 0.3) is 0 Å². The lowest BCUT2D eigenvalue weighted by Crippen LogP contribution is -2.48. The molecule has 1 aliphatic heterocycles. The van der Waals surface area contributed by atoms with Crippen molar-refractivity contribution in [2.45, 2.75) is 43.0 Å². The van der Waals surface area contributed by atoms with E-state index in [9.17, 15) is 21.6 Å². The third-order valence-electron chi connectivity index (χ3n) is 7.78. The Morgan fingerprint density at radius 2 is 1.54 bits per heavy atom. The van der Waals surface area contributed by atoms with Crippen LogP contribution in [0.2, 0.25) is 0 Å². The van der Waals surface area contributed by atoms with Crippen molar-refractivity contribution in [3.8, 4) is 0 Å². The van der Waals surface area contributed by atoms with Gasteiger partial charge in [-0.3, -0.25) is 0 Å². The summed E-state index contributed by atoms with van der Waals surface area (Å²) in [5, 5.41) is 0. The number of alkyl halides is 3. The van der Waals surface area contributed by atoms with Crippen LogP contribution in [0.4, 0.5) is 18.9 Å². The molecule has 1 aromatic heterocycles. The molecule has 0 saturated heterocycles. The highest BCUT2D eigenvalue weighted by Crippen LogP contribution is 2.39. The fraction of sp³-hybridized carbons (Fsp3) is 0.276. The number of halogens is 3. The third kappa shape index (κ3) is 4.94. The molecule has 0 unspecified atom stereocenters. The van der Waals surface area contributed by atoms with Crippen LogP contribution in [0.5, 0.6) is 0 Å². The predicted octanol–water partition coefficient (Wildman–Crippen LogP) is 5.42. The number of para-hydroxylation sites is 1. The molecule has 0 radical (unpaired) electrons. The average molecular weight is 553 g/mol. The Morgan fingerprint density at radius 1 is 0.897 bits per heavy atom. The Hall–Kier alpha value is -3.63. The minimum atomic E-state index is -4.54. The van der Waals surface area contributed by atoms with Crippen LogP contribution in [-0.4, -0.2) is 35.3 Å². The van der Waals surface area contributed by atoms with Gasteiger partial charge in [-0.2, -0.15) is 17.5 Å². The molecular formula is C29H27F3N4O2S. The van der Waals surface area contributed by atoms with E-state index in [4.69, 9.17) is 0 Å². The number of nitrogens with one attached hydrogen (secondary N) is 1. The lowest BCUT2D eigenvalue weighted by Gasteiger charge is -2.37. The van der Waals surface area contributed by atoms with Gasteiger partial charge < -0.3 is 9.88 Å². The minimum absolute atomic E-state index is 0.120. The summed E-state index contributed by atoms with van der Waals surface area (Å²) in [5.41, 5.74) is 4.33. The van der Waals surface area contributed by atoms with Crippen LogP contribution in [0.3, 0.4) is 0 Å². The number of hydrogen-bond donors (Lipinski definition) is 1. The van der Waals surface area contributed by atoms with Crippen molar-refractivity contribution in [3.05, 3.63) is 113 Å². The summed E-state index contributed by atoms with van der Waals surface area (Å²) >= 11 is 0. The van der Waals surface area contributed by atoms with Crippen molar-refractivity contribution < 1.29 is 21.6 Å². The molecule has 0 bridgehead atoms. The van der Waals surface area contributed by atoms with E-state index < -0.39 is 21.8 Å². The van der Waals surface area contributed by atoms with E-state index in [2.05, 4.69) is 27.0 Å². The summed E-state index contributed by atoms with van der Waals surface area (Å²) < 4.78 is 68.7. The first-order valence-corrected chi connectivity index (χ1v) is 14.2. The first-order chi connectivity index (χ1) is 18.7. The fourth-order valence-electron chi connectivity index (χ4n) is 5.84. The number of aromatic nitrogens is 2. The van der Waals surface area contributed by atoms with Gasteiger partial charge in [-0.05, 0) is 65.8 Å². The molecule has 4 aromatic rings. The minimum Gasteiger partial charge on any atom is -0.361 e. The summed E-state index contributed by atoms with van der Waals surface area (Å²) in [6.07, 6.45) is 0.485. The third-order valence-corrected chi connectivity index (χ3v) is 9.61. The number of fused-ring (bicyclic) bond motifs is 2. The van der Waals surface area contributed by atoms with Gasteiger partial charge in [-0.25, -0.2) is 13.4 Å². The second-order valence-electron chi connectivity index (χ2n) is 10.2. The SMILES string of the molecule is O=S(=O)(c1ccc(C(F)(F)F)cc1)N1Cc2ccccc2N(Cc2cnc[nH]2)[C@H](C2Cc3ccccc3C2)C1. The second-order valence-corrected chi connectivity index (χ2v) is 12.1. The van der Waals surface area contributed by atoms with Crippen LogP contribution < -0.4 is 4.90 Å². The van der Waals surface area contributed by atoms with Gasteiger partial charge >= 0.3 is 6.18 Å². The molecule has 0 fully saturated rings. The van der Waals surface area contributed by atoms with E-state index in [0.29, 0.717) is 6.54 Å². The zero-order chi connectivity index (χ0) is 27.2. The first-order valence-electron chi connectivity index (χ1n) is 12.8. The van der Waals surface area contributed by atoms with Gasteiger partial charge in [0.05, 0.1) is 29.0 Å². The lowest BCUT2D eigenvalue weighted by atomic mass is 9.94. The molecule has 3 aromatic carbocycles. The van der Waals surface area contributed by atoms with Crippen LogP contribution in [0.25, 0.3) is 0 Å². The fourth-order valence-corrected chi connectivity index (χ4v) is 7.27.